The molecule has 0 radical (unpaired) electrons. The Morgan fingerprint density at radius 1 is 1.05 bits per heavy atom. The van der Waals surface area contributed by atoms with Crippen LogP contribution in [0.4, 0.5) is 10.1 Å². The highest BCUT2D eigenvalue weighted by Crippen LogP contribution is 2.39. The van der Waals surface area contributed by atoms with Crippen molar-refractivity contribution in [3.63, 3.8) is 0 Å². The Balaban J connectivity index is 1.33. The highest BCUT2D eigenvalue weighted by Gasteiger charge is 2.38. The molecule has 3 aliphatic rings. The summed E-state index contributed by atoms with van der Waals surface area (Å²) >= 11 is 1.36. The zero-order valence-corrected chi connectivity index (χ0v) is 22.5. The van der Waals surface area contributed by atoms with Gasteiger partial charge < -0.3 is 14.2 Å². The number of halogens is 1. The van der Waals surface area contributed by atoms with Gasteiger partial charge >= 0.3 is 0 Å². The average molecular weight is 547 g/mol. The minimum atomic E-state index is -0.317. The summed E-state index contributed by atoms with van der Waals surface area (Å²) in [5, 5.41) is 1.62. The van der Waals surface area contributed by atoms with Gasteiger partial charge in [0.1, 0.15) is 12.4 Å². The van der Waals surface area contributed by atoms with Gasteiger partial charge in [-0.3, -0.25) is 14.5 Å². The molecule has 6 rings (SSSR count). The molecule has 2 amide bonds. The predicted octanol–water partition coefficient (Wildman–Crippen LogP) is 5.58. The Labute approximate surface area is 231 Å². The van der Waals surface area contributed by atoms with E-state index in [1.165, 1.54) is 30.3 Å². The summed E-state index contributed by atoms with van der Waals surface area (Å²) in [7, 11) is 0. The maximum Gasteiger partial charge on any atom is 0.267 e. The van der Waals surface area contributed by atoms with Crippen LogP contribution in [-0.4, -0.2) is 63.7 Å². The Morgan fingerprint density at radius 2 is 1.79 bits per heavy atom. The van der Waals surface area contributed by atoms with Crippen molar-refractivity contribution in [3.05, 3.63) is 71.0 Å². The molecule has 2 aliphatic heterocycles. The van der Waals surface area contributed by atoms with E-state index in [1.807, 2.05) is 50.9 Å². The molecule has 3 aromatic rings. The second-order valence-electron chi connectivity index (χ2n) is 10.2. The monoisotopic (exact) mass is 546 g/mol. The number of amidine groups is 1. The van der Waals surface area contributed by atoms with Gasteiger partial charge in [-0.1, -0.05) is 37.5 Å². The summed E-state index contributed by atoms with van der Waals surface area (Å²) in [6.07, 6.45) is 9.15. The fourth-order valence-electron chi connectivity index (χ4n) is 5.57. The lowest BCUT2D eigenvalue weighted by Crippen LogP contribution is -2.42. The fourth-order valence-corrected chi connectivity index (χ4v) is 6.62. The van der Waals surface area contributed by atoms with Gasteiger partial charge in [0.05, 0.1) is 23.8 Å². The van der Waals surface area contributed by atoms with Crippen molar-refractivity contribution in [2.75, 3.05) is 26.3 Å². The topological polar surface area (TPSA) is 67.1 Å². The van der Waals surface area contributed by atoms with Crippen molar-refractivity contribution in [1.29, 1.82) is 0 Å². The van der Waals surface area contributed by atoms with Crippen LogP contribution in [-0.2, 0) is 20.9 Å². The summed E-state index contributed by atoms with van der Waals surface area (Å²) in [4.78, 5) is 35.9. The van der Waals surface area contributed by atoms with Crippen LogP contribution >= 0.6 is 11.8 Å². The van der Waals surface area contributed by atoms with Gasteiger partial charge in [-0.25, -0.2) is 9.38 Å². The largest absolute Gasteiger partial charge is 0.378 e. The highest BCUT2D eigenvalue weighted by atomic mass is 32.2. The van der Waals surface area contributed by atoms with Crippen molar-refractivity contribution in [2.45, 2.75) is 44.7 Å². The number of para-hydroxylation sites is 1. The van der Waals surface area contributed by atoms with Gasteiger partial charge in [0.2, 0.25) is 5.91 Å². The van der Waals surface area contributed by atoms with Gasteiger partial charge in [0.25, 0.3) is 5.91 Å². The molecule has 3 fully saturated rings. The van der Waals surface area contributed by atoms with E-state index in [0.717, 1.165) is 42.1 Å². The lowest BCUT2D eigenvalue weighted by molar-refractivity contribution is -0.135. The normalized spacial score (nSPS) is 21.0. The summed E-state index contributed by atoms with van der Waals surface area (Å²) in [6.45, 7) is 2.57. The molecule has 0 bridgehead atoms. The molecule has 202 valence electrons. The highest BCUT2D eigenvalue weighted by molar-refractivity contribution is 8.18. The van der Waals surface area contributed by atoms with Crippen molar-refractivity contribution >= 4 is 51.4 Å². The Bertz CT molecular complexity index is 1440. The molecular formula is C30H31FN4O3S. The summed E-state index contributed by atoms with van der Waals surface area (Å²) in [5.74, 6) is -0.307. The van der Waals surface area contributed by atoms with Crippen molar-refractivity contribution < 1.29 is 18.7 Å². The molecule has 0 spiro atoms. The summed E-state index contributed by atoms with van der Waals surface area (Å²) < 4.78 is 20.8. The van der Waals surface area contributed by atoms with Crippen molar-refractivity contribution in [3.8, 4) is 0 Å². The Hall–Kier alpha value is -3.43. The molecule has 39 heavy (non-hydrogen) atoms. The number of hydrogen-bond donors (Lipinski definition) is 0. The number of rotatable bonds is 5. The van der Waals surface area contributed by atoms with Crippen LogP contribution in [0.5, 0.6) is 0 Å². The lowest BCUT2D eigenvalue weighted by atomic mass is 9.94. The third kappa shape index (κ3) is 5.51. The van der Waals surface area contributed by atoms with Crippen LogP contribution in [0.25, 0.3) is 17.0 Å². The van der Waals surface area contributed by atoms with Crippen LogP contribution in [0.3, 0.4) is 0 Å². The molecule has 0 atom stereocenters. The molecule has 3 heterocycles. The van der Waals surface area contributed by atoms with E-state index in [9.17, 15) is 14.0 Å². The molecule has 2 saturated heterocycles. The van der Waals surface area contributed by atoms with Gasteiger partial charge in [-0.15, -0.1) is 0 Å². The van der Waals surface area contributed by atoms with E-state index in [-0.39, 0.29) is 30.2 Å². The minimum Gasteiger partial charge on any atom is -0.378 e. The molecular weight excluding hydrogens is 515 g/mol. The van der Waals surface area contributed by atoms with Gasteiger partial charge in [-0.2, -0.15) is 0 Å². The number of carbonyl (C=O) groups is 2. The van der Waals surface area contributed by atoms with Crippen LogP contribution in [0.2, 0.25) is 0 Å². The zero-order valence-electron chi connectivity index (χ0n) is 21.7. The number of amides is 2. The molecule has 0 unspecified atom stereocenters. The number of aliphatic imine (C=N–C) groups is 1. The standard InChI is InChI=1S/C30H31FN4O3S/c31-22-10-12-23(13-11-22)32-30-35(24-6-2-1-3-7-24)29(37)27(39-30)18-21-19-34(26-9-5-4-8-25(21)26)20-28(36)33-14-16-38-17-15-33/h4-5,8-13,18-19,24H,1-3,6-7,14-17,20H2/b27-18-,32-30?. The van der Waals surface area contributed by atoms with Crippen molar-refractivity contribution in [2.24, 2.45) is 4.99 Å². The number of benzene rings is 2. The number of fused-ring (bicyclic) bond motifs is 1. The SMILES string of the molecule is O=C(Cn1cc(/C=C2\SC(=Nc3ccc(F)cc3)N(C3CCCCC3)C2=O)c2ccccc21)N1CCOCC1. The number of ether oxygens (including phenoxy) is 1. The van der Waals surface area contributed by atoms with E-state index < -0.39 is 0 Å². The van der Waals surface area contributed by atoms with E-state index in [0.29, 0.717) is 42.1 Å². The second kappa shape index (κ2) is 11.4. The Kier molecular flexibility index (Phi) is 7.52. The quantitative estimate of drug-likeness (QED) is 0.392. The summed E-state index contributed by atoms with van der Waals surface area (Å²) in [5.41, 5.74) is 2.46. The van der Waals surface area contributed by atoms with Crippen LogP contribution in [0.1, 0.15) is 37.7 Å². The van der Waals surface area contributed by atoms with E-state index >= 15 is 0 Å². The number of hydrogen-bond acceptors (Lipinski definition) is 5. The first-order valence-electron chi connectivity index (χ1n) is 13.6. The van der Waals surface area contributed by atoms with Gasteiger partial charge in [0.15, 0.2) is 5.17 Å². The second-order valence-corrected chi connectivity index (χ2v) is 11.2. The molecule has 1 aliphatic carbocycles. The zero-order chi connectivity index (χ0) is 26.8. The first kappa shape index (κ1) is 25.8. The Morgan fingerprint density at radius 3 is 2.56 bits per heavy atom. The van der Waals surface area contributed by atoms with Gasteiger partial charge in [0, 0.05) is 41.8 Å². The van der Waals surface area contributed by atoms with Crippen LogP contribution < -0.4 is 0 Å². The average Bonchev–Trinajstić information content (AvgIpc) is 3.47. The van der Waals surface area contributed by atoms with E-state index in [2.05, 4.69) is 0 Å². The lowest BCUT2D eigenvalue weighted by Gasteiger charge is -2.30. The number of thioether (sulfide) groups is 1. The van der Waals surface area contributed by atoms with Crippen LogP contribution in [0, 0.1) is 5.82 Å². The minimum absolute atomic E-state index is 0.0472. The molecule has 9 heteroatoms. The molecule has 0 N–H and O–H groups in total. The van der Waals surface area contributed by atoms with Crippen molar-refractivity contribution in [1.82, 2.24) is 14.4 Å². The van der Waals surface area contributed by atoms with E-state index in [4.69, 9.17) is 9.73 Å². The molecule has 1 saturated carbocycles. The van der Waals surface area contributed by atoms with Crippen LogP contribution in [0.15, 0.2) is 64.6 Å². The number of nitrogens with zero attached hydrogens (tertiary/aromatic N) is 4. The molecule has 7 nitrogen and oxygen atoms in total. The maximum atomic E-state index is 13.8. The number of carbonyl (C=O) groups excluding carboxylic acids is 2. The molecule has 1 aromatic heterocycles. The third-order valence-corrected chi connectivity index (χ3v) is 8.59. The number of morpholine rings is 1. The van der Waals surface area contributed by atoms with Gasteiger partial charge in [-0.05, 0) is 61.0 Å². The summed E-state index contributed by atoms with van der Waals surface area (Å²) in [6, 6.07) is 14.1. The third-order valence-electron chi connectivity index (χ3n) is 7.60. The maximum absolute atomic E-state index is 13.8. The van der Waals surface area contributed by atoms with E-state index in [1.54, 1.807) is 12.1 Å². The first-order valence-corrected chi connectivity index (χ1v) is 14.4. The fraction of sp³-hybridized carbons (Fsp3) is 0.367. The predicted molar refractivity (Wildman–Crippen MR) is 152 cm³/mol. The first-order chi connectivity index (χ1) is 19.1. The molecule has 2 aromatic carbocycles. The number of aromatic nitrogens is 1. The smallest absolute Gasteiger partial charge is 0.267 e.